The van der Waals surface area contributed by atoms with Crippen molar-refractivity contribution in [3.8, 4) is 21.8 Å². The molecule has 24 heavy (non-hydrogen) atoms. The molecule has 0 N–H and O–H groups in total. The lowest BCUT2D eigenvalue weighted by atomic mass is 10.1. The largest absolute Gasteiger partial charge is 0.236 e. The molecule has 0 unspecified atom stereocenters. The molecule has 0 aliphatic heterocycles. The van der Waals surface area contributed by atoms with Crippen LogP contribution in [0.25, 0.3) is 21.8 Å². The van der Waals surface area contributed by atoms with E-state index in [1.807, 2.05) is 45.9 Å². The molecular weight excluding hydrogens is 334 g/mol. The highest BCUT2D eigenvalue weighted by Crippen LogP contribution is 2.28. The number of nitrogens with zero attached hydrogens (tertiary/aromatic N) is 1. The van der Waals surface area contributed by atoms with Crippen LogP contribution in [0.15, 0.2) is 60.0 Å². The molecule has 1 nitrogen and oxygen atoms in total. The Morgan fingerprint density at radius 1 is 0.833 bits per heavy atom. The van der Waals surface area contributed by atoms with Crippen LogP contribution >= 0.6 is 22.9 Å². The van der Waals surface area contributed by atoms with Gasteiger partial charge in [0.15, 0.2) is 0 Å². The van der Waals surface area contributed by atoms with Gasteiger partial charge in [0.25, 0.3) is 0 Å². The van der Waals surface area contributed by atoms with E-state index in [9.17, 15) is 0 Å². The second-order valence-corrected chi connectivity index (χ2v) is 5.78. The molecule has 3 heteroatoms. The maximum Gasteiger partial charge on any atom is 0.124 e. The van der Waals surface area contributed by atoms with Gasteiger partial charge in [0, 0.05) is 22.4 Å². The first-order valence-corrected chi connectivity index (χ1v) is 9.94. The first-order chi connectivity index (χ1) is 11.9. The van der Waals surface area contributed by atoms with E-state index in [-0.39, 0.29) is 0 Å². The molecule has 0 saturated carbocycles. The van der Waals surface area contributed by atoms with E-state index >= 15 is 0 Å². The van der Waals surface area contributed by atoms with Crippen LogP contribution in [0.5, 0.6) is 0 Å². The minimum atomic E-state index is 0.661. The topological polar surface area (TPSA) is 12.9 Å². The first kappa shape index (κ1) is 20.4. The van der Waals surface area contributed by atoms with Gasteiger partial charge in [-0.15, -0.1) is 22.9 Å². The van der Waals surface area contributed by atoms with Crippen molar-refractivity contribution in [1.29, 1.82) is 0 Å². The molecule has 1 heterocycles. The van der Waals surface area contributed by atoms with Gasteiger partial charge in [0.1, 0.15) is 5.01 Å². The van der Waals surface area contributed by atoms with E-state index in [1.54, 1.807) is 11.3 Å². The first-order valence-electron chi connectivity index (χ1n) is 8.53. The quantitative estimate of drug-likeness (QED) is 0.445. The molecule has 0 aliphatic rings. The van der Waals surface area contributed by atoms with Crippen LogP contribution < -0.4 is 0 Å². The van der Waals surface area contributed by atoms with Gasteiger partial charge in [-0.2, -0.15) is 0 Å². The Morgan fingerprint density at radius 3 is 2.04 bits per heavy atom. The van der Waals surface area contributed by atoms with Crippen molar-refractivity contribution in [2.75, 3.05) is 5.88 Å². The highest BCUT2D eigenvalue weighted by atomic mass is 35.5. The van der Waals surface area contributed by atoms with Crippen molar-refractivity contribution < 1.29 is 0 Å². The molecule has 0 radical (unpaired) electrons. The molecule has 0 aliphatic carbocycles. The fraction of sp³-hybridized carbons (Fsp3) is 0.286. The van der Waals surface area contributed by atoms with Crippen molar-refractivity contribution in [3.05, 3.63) is 65.5 Å². The predicted octanol–water partition coefficient (Wildman–Crippen LogP) is 7.31. The molecule has 0 bridgehead atoms. The number of aromatic nitrogens is 1. The molecule has 3 aromatic rings. The molecule has 3 rings (SSSR count). The molecule has 0 fully saturated rings. The second-order valence-electron chi connectivity index (χ2n) is 4.54. The molecule has 0 saturated heterocycles. The summed E-state index contributed by atoms with van der Waals surface area (Å²) in [6.07, 6.45) is 0.911. The number of hydrogen-bond acceptors (Lipinski definition) is 2. The lowest BCUT2D eigenvalue weighted by molar-refractivity contribution is 1.15. The van der Waals surface area contributed by atoms with Crippen LogP contribution in [-0.4, -0.2) is 10.9 Å². The van der Waals surface area contributed by atoms with Crippen molar-refractivity contribution in [3.63, 3.8) is 0 Å². The van der Waals surface area contributed by atoms with Crippen LogP contribution in [0.3, 0.4) is 0 Å². The summed E-state index contributed by atoms with van der Waals surface area (Å²) in [7, 11) is 0. The van der Waals surface area contributed by atoms with E-state index in [0.29, 0.717) is 5.88 Å². The summed E-state index contributed by atoms with van der Waals surface area (Å²) < 4.78 is 0. The summed E-state index contributed by atoms with van der Waals surface area (Å²) in [6, 6.07) is 18.8. The molecule has 2 aromatic carbocycles. The Morgan fingerprint density at radius 2 is 1.46 bits per heavy atom. The molecular formula is C21H26ClNS. The van der Waals surface area contributed by atoms with Gasteiger partial charge in [-0.05, 0) is 12.0 Å². The Kier molecular flexibility index (Phi) is 10.1. The van der Waals surface area contributed by atoms with Gasteiger partial charge in [-0.1, -0.05) is 82.3 Å². The van der Waals surface area contributed by atoms with Crippen molar-refractivity contribution in [1.82, 2.24) is 4.98 Å². The van der Waals surface area contributed by atoms with Gasteiger partial charge in [0.2, 0.25) is 0 Å². The van der Waals surface area contributed by atoms with Crippen LogP contribution in [0.2, 0.25) is 0 Å². The van der Waals surface area contributed by atoms with Gasteiger partial charge < -0.3 is 0 Å². The number of aryl methyl sites for hydroxylation is 1. The number of hydrogen-bond donors (Lipinski definition) is 0. The maximum absolute atomic E-state index is 5.75. The highest BCUT2D eigenvalue weighted by Gasteiger charge is 2.06. The summed E-state index contributed by atoms with van der Waals surface area (Å²) in [4.78, 5) is 4.72. The van der Waals surface area contributed by atoms with E-state index in [0.717, 1.165) is 22.7 Å². The third kappa shape index (κ3) is 5.77. The maximum atomic E-state index is 5.75. The zero-order valence-corrected chi connectivity index (χ0v) is 16.5. The smallest absolute Gasteiger partial charge is 0.124 e. The molecule has 0 amide bonds. The molecule has 0 spiro atoms. The lowest BCUT2D eigenvalue weighted by Gasteiger charge is -2.00. The van der Waals surface area contributed by atoms with Gasteiger partial charge >= 0.3 is 0 Å². The van der Waals surface area contributed by atoms with E-state index in [1.165, 1.54) is 11.1 Å². The standard InChI is InChI=1S/C17H14ClNS.2C2H6/c18-11-10-13-6-8-14(9-7-13)16-12-20-17(19-16)15-4-2-1-3-5-15;2*1-2/h1-9,12H,10-11H2;2*1-2H3. The number of halogens is 1. The third-order valence-corrected chi connectivity index (χ3v) is 4.24. The lowest BCUT2D eigenvalue weighted by Crippen LogP contribution is -1.86. The summed E-state index contributed by atoms with van der Waals surface area (Å²) in [5.41, 5.74) is 4.62. The normalized spacial score (nSPS) is 9.38. The zero-order valence-electron chi connectivity index (χ0n) is 14.9. The molecule has 128 valence electrons. The Labute approximate surface area is 155 Å². The van der Waals surface area contributed by atoms with Crippen molar-refractivity contribution in [2.45, 2.75) is 34.1 Å². The Hall–Kier alpha value is -1.64. The highest BCUT2D eigenvalue weighted by molar-refractivity contribution is 7.13. The van der Waals surface area contributed by atoms with Crippen LogP contribution in [0, 0.1) is 0 Å². The number of benzene rings is 2. The minimum Gasteiger partial charge on any atom is -0.236 e. The van der Waals surface area contributed by atoms with Crippen molar-refractivity contribution in [2.24, 2.45) is 0 Å². The Bertz CT molecular complexity index is 675. The number of rotatable bonds is 4. The molecule has 0 atom stereocenters. The fourth-order valence-corrected chi connectivity index (χ4v) is 3.12. The van der Waals surface area contributed by atoms with E-state index in [4.69, 9.17) is 16.6 Å². The third-order valence-electron chi connectivity index (χ3n) is 3.16. The summed E-state index contributed by atoms with van der Waals surface area (Å²) in [5, 5.41) is 3.17. The monoisotopic (exact) mass is 359 g/mol. The number of thiazole rings is 1. The summed E-state index contributed by atoms with van der Waals surface area (Å²) >= 11 is 7.43. The summed E-state index contributed by atoms with van der Waals surface area (Å²) in [6.45, 7) is 8.00. The zero-order chi connectivity index (χ0) is 17.8. The fourth-order valence-electron chi connectivity index (χ4n) is 2.07. The predicted molar refractivity (Wildman–Crippen MR) is 110 cm³/mol. The van der Waals surface area contributed by atoms with E-state index in [2.05, 4.69) is 41.8 Å². The van der Waals surface area contributed by atoms with Crippen molar-refractivity contribution >= 4 is 22.9 Å². The Balaban J connectivity index is 0.000000671. The average Bonchev–Trinajstić information content (AvgIpc) is 3.17. The van der Waals surface area contributed by atoms with E-state index < -0.39 is 0 Å². The van der Waals surface area contributed by atoms with Gasteiger partial charge in [-0.25, -0.2) is 4.98 Å². The van der Waals surface area contributed by atoms with Gasteiger partial charge in [0.05, 0.1) is 5.69 Å². The molecule has 1 aromatic heterocycles. The van der Waals surface area contributed by atoms with Crippen LogP contribution in [0.1, 0.15) is 33.3 Å². The second kappa shape index (κ2) is 11.8. The van der Waals surface area contributed by atoms with Crippen LogP contribution in [0.4, 0.5) is 0 Å². The number of alkyl halides is 1. The minimum absolute atomic E-state index is 0.661. The SMILES string of the molecule is CC.CC.ClCCc1ccc(-c2csc(-c3ccccc3)n2)cc1. The van der Waals surface area contributed by atoms with Crippen LogP contribution in [-0.2, 0) is 6.42 Å². The average molecular weight is 360 g/mol. The van der Waals surface area contributed by atoms with Gasteiger partial charge in [-0.3, -0.25) is 0 Å². The summed E-state index contributed by atoms with van der Waals surface area (Å²) in [5.74, 6) is 0.661.